The maximum absolute atomic E-state index is 15.7. The van der Waals surface area contributed by atoms with Crippen molar-refractivity contribution in [2.24, 2.45) is 0 Å². The molecule has 3 fully saturated rings. The summed E-state index contributed by atoms with van der Waals surface area (Å²) in [7, 11) is -2.58. The molecule has 0 aromatic heterocycles. The second-order valence-corrected chi connectivity index (χ2v) is 26.8. The number of fused-ring (bicyclic) bond motifs is 2. The van der Waals surface area contributed by atoms with Crippen molar-refractivity contribution in [1.29, 1.82) is 0 Å². The third-order valence-corrected chi connectivity index (χ3v) is 19.6. The molecule has 4 aliphatic rings. The molecule has 0 N–H and O–H groups in total. The second-order valence-electron chi connectivity index (χ2n) is 22.0. The molecule has 10 nitrogen and oxygen atoms in total. The first kappa shape index (κ1) is 50.8. The second kappa shape index (κ2) is 20.4. The highest BCUT2D eigenvalue weighted by atomic mass is 28.4. The van der Waals surface area contributed by atoms with Crippen molar-refractivity contribution in [3.63, 3.8) is 0 Å². The Morgan fingerprint density at radius 2 is 1.24 bits per heavy atom. The summed E-state index contributed by atoms with van der Waals surface area (Å²) in [6.45, 7) is 20.1. The number of carbonyl (C=O) groups excluding carboxylic acids is 2. The Hall–Kier alpha value is -5.08. The summed E-state index contributed by atoms with van der Waals surface area (Å²) in [6.07, 6.45) is -0.490. The van der Waals surface area contributed by atoms with Gasteiger partial charge in [-0.2, -0.15) is 0 Å². The van der Waals surface area contributed by atoms with Crippen LogP contribution in [0.15, 0.2) is 145 Å². The van der Waals surface area contributed by atoms with E-state index < -0.39 is 55.8 Å². The molecule has 2 aliphatic carbocycles. The van der Waals surface area contributed by atoms with E-state index in [1.807, 2.05) is 148 Å². The number of ketones is 2. The molecule has 0 amide bonds. The van der Waals surface area contributed by atoms with Gasteiger partial charge in [0.1, 0.15) is 18.5 Å². The Labute approximate surface area is 421 Å². The Balaban J connectivity index is 1.10. The Bertz CT molecular complexity index is 2680. The van der Waals surface area contributed by atoms with Gasteiger partial charge in [-0.3, -0.25) is 9.59 Å². The van der Waals surface area contributed by atoms with Gasteiger partial charge >= 0.3 is 0 Å². The van der Waals surface area contributed by atoms with Gasteiger partial charge in [0.15, 0.2) is 31.3 Å². The lowest BCUT2D eigenvalue weighted by molar-refractivity contribution is -0.204. The van der Waals surface area contributed by atoms with Gasteiger partial charge in [-0.05, 0) is 80.2 Å². The van der Waals surface area contributed by atoms with Crippen LogP contribution in [-0.2, 0) is 59.3 Å². The molecule has 11 heteroatoms. The fourth-order valence-electron chi connectivity index (χ4n) is 10.5. The van der Waals surface area contributed by atoms with Crippen LogP contribution in [-0.4, -0.2) is 67.4 Å². The maximum Gasteiger partial charge on any atom is 0.193 e. The molecule has 0 bridgehead atoms. The first-order chi connectivity index (χ1) is 33.8. The molecule has 2 aliphatic heterocycles. The number of allylic oxidation sites excluding steroid dienone is 1. The van der Waals surface area contributed by atoms with Crippen LogP contribution in [0.3, 0.4) is 0 Å². The van der Waals surface area contributed by atoms with Crippen molar-refractivity contribution in [3.05, 3.63) is 184 Å². The van der Waals surface area contributed by atoms with Gasteiger partial charge in [0, 0.05) is 36.0 Å². The number of carbonyl (C=O) groups is 2. The molecule has 374 valence electrons. The molecule has 8 atom stereocenters. The normalized spacial score (nSPS) is 27.4. The first-order valence-electron chi connectivity index (χ1n) is 25.2. The van der Waals surface area contributed by atoms with E-state index in [0.29, 0.717) is 50.4 Å². The number of hydrogen-bond donors (Lipinski definition) is 0. The lowest BCUT2D eigenvalue weighted by Crippen LogP contribution is -2.65. The third kappa shape index (κ3) is 10.8. The van der Waals surface area contributed by atoms with E-state index in [-0.39, 0.29) is 46.0 Å². The van der Waals surface area contributed by atoms with E-state index in [9.17, 15) is 0 Å². The van der Waals surface area contributed by atoms with Crippen molar-refractivity contribution in [1.82, 2.24) is 0 Å². The minimum absolute atomic E-state index is 0.155. The van der Waals surface area contributed by atoms with Crippen LogP contribution in [0.4, 0.5) is 0 Å². The minimum Gasteiger partial charge on any atom is -0.488 e. The van der Waals surface area contributed by atoms with E-state index in [0.717, 1.165) is 22.3 Å². The molecule has 0 spiro atoms. The maximum atomic E-state index is 15.7. The van der Waals surface area contributed by atoms with Crippen molar-refractivity contribution < 1.29 is 47.2 Å². The van der Waals surface area contributed by atoms with Crippen LogP contribution in [0, 0.1) is 0 Å². The van der Waals surface area contributed by atoms with Crippen LogP contribution in [0.2, 0.25) is 18.1 Å². The van der Waals surface area contributed by atoms with Gasteiger partial charge in [-0.15, -0.1) is 0 Å². The van der Waals surface area contributed by atoms with E-state index in [1.165, 1.54) is 6.08 Å². The van der Waals surface area contributed by atoms with Crippen molar-refractivity contribution >= 4 is 19.9 Å². The molecular formula is C60H70O10Si. The lowest BCUT2D eigenvalue weighted by atomic mass is 9.66. The molecule has 71 heavy (non-hydrogen) atoms. The van der Waals surface area contributed by atoms with Crippen LogP contribution in [0.25, 0.3) is 0 Å². The van der Waals surface area contributed by atoms with Gasteiger partial charge in [0.2, 0.25) is 0 Å². The number of rotatable bonds is 16. The fraction of sp³-hybridized carbons (Fsp3) is 0.433. The van der Waals surface area contributed by atoms with Crippen LogP contribution < -0.4 is 4.74 Å². The van der Waals surface area contributed by atoms with Gasteiger partial charge in [0.25, 0.3) is 0 Å². The van der Waals surface area contributed by atoms with E-state index in [2.05, 4.69) is 40.8 Å². The number of hydrogen-bond acceptors (Lipinski definition) is 10. The topological polar surface area (TPSA) is 108 Å². The van der Waals surface area contributed by atoms with Gasteiger partial charge in [-0.25, -0.2) is 0 Å². The van der Waals surface area contributed by atoms with Gasteiger partial charge < -0.3 is 37.6 Å². The zero-order chi connectivity index (χ0) is 50.2. The van der Waals surface area contributed by atoms with Gasteiger partial charge in [0.05, 0.1) is 61.5 Å². The van der Waals surface area contributed by atoms with Crippen LogP contribution >= 0.6 is 0 Å². The first-order valence-corrected chi connectivity index (χ1v) is 28.1. The van der Waals surface area contributed by atoms with Crippen molar-refractivity contribution in [2.45, 2.75) is 166 Å². The molecule has 5 aromatic carbocycles. The summed E-state index contributed by atoms with van der Waals surface area (Å²) in [4.78, 5) is 31.1. The highest BCUT2D eigenvalue weighted by molar-refractivity contribution is 6.74. The average Bonchev–Trinajstić information content (AvgIpc) is 3.63. The molecule has 2 heterocycles. The highest BCUT2D eigenvalue weighted by Gasteiger charge is 2.68. The molecular weight excluding hydrogens is 909 g/mol. The minimum atomic E-state index is -2.58. The third-order valence-electron chi connectivity index (χ3n) is 15.1. The Kier molecular flexibility index (Phi) is 14.6. The standard InChI is InChI=1S/C60H70O10Si/c1-40-55(64-37-42-24-16-11-17-25-42)50(63-36-41-22-14-10-15-23-41)33-49(67-40)45-30-31-46-53(56(45)65-38-43-26-18-12-19-27-43)48(61)32-47(54(46)62)60-51(68-58(5,6)70-60)34-59(7,66-39-44-28-20-13-21-29-44)35-52(60)69-71(8,9)57(2,3)4/h10-32,40,49-52,55H,33-39H2,1-9H3/t40-,49-,50-,51-,52-,55-,59+,60-/m1/s1. The van der Waals surface area contributed by atoms with E-state index in [4.69, 9.17) is 37.6 Å². The molecule has 1 saturated carbocycles. The van der Waals surface area contributed by atoms with Crippen LogP contribution in [0.1, 0.15) is 122 Å². The zero-order valence-corrected chi connectivity index (χ0v) is 43.8. The quantitative estimate of drug-likeness (QED) is 0.0887. The SMILES string of the molecule is C[C@H]1O[C@@H](c2ccc3c(c2OCc2ccccc2)C(=O)C=C([C@@]24OC(C)(C)O[C@@H]2C[C@](C)(OCc2ccccc2)C[C@H]4O[Si](C)(C)C(C)(C)C)C3=O)C[C@@H](OCc2ccccc2)[C@@H]1OCc1ccccc1. The van der Waals surface area contributed by atoms with Crippen molar-refractivity contribution in [3.8, 4) is 5.75 Å². The van der Waals surface area contributed by atoms with Crippen molar-refractivity contribution in [2.75, 3.05) is 0 Å². The van der Waals surface area contributed by atoms with Gasteiger partial charge in [-0.1, -0.05) is 148 Å². The Morgan fingerprint density at radius 1 is 0.690 bits per heavy atom. The fourth-order valence-corrected chi connectivity index (χ4v) is 11.8. The summed E-state index contributed by atoms with van der Waals surface area (Å²) in [5.41, 5.74) is 3.17. The largest absolute Gasteiger partial charge is 0.488 e. The predicted molar refractivity (Wildman–Crippen MR) is 276 cm³/mol. The highest BCUT2D eigenvalue weighted by Crippen LogP contribution is 2.57. The molecule has 2 saturated heterocycles. The monoisotopic (exact) mass is 978 g/mol. The number of Topliss-reactive ketones (excluding diaryl/α,β-unsaturated/α-hetero) is 1. The smallest absolute Gasteiger partial charge is 0.193 e. The summed E-state index contributed by atoms with van der Waals surface area (Å²) < 4.78 is 55.3. The van der Waals surface area contributed by atoms with E-state index >= 15 is 9.59 Å². The summed E-state index contributed by atoms with van der Waals surface area (Å²) in [5, 5.41) is -0.190. The number of ether oxygens (including phenoxy) is 7. The summed E-state index contributed by atoms with van der Waals surface area (Å²) in [6, 6.07) is 43.7. The molecule has 0 unspecified atom stereocenters. The Morgan fingerprint density at radius 3 is 1.82 bits per heavy atom. The summed E-state index contributed by atoms with van der Waals surface area (Å²) in [5.74, 6) is -1.53. The molecule has 5 aromatic rings. The van der Waals surface area contributed by atoms with Crippen LogP contribution in [0.5, 0.6) is 5.75 Å². The predicted octanol–water partition coefficient (Wildman–Crippen LogP) is 12.6. The summed E-state index contributed by atoms with van der Waals surface area (Å²) >= 11 is 0. The van der Waals surface area contributed by atoms with E-state index in [1.54, 1.807) is 6.07 Å². The molecule has 9 rings (SSSR count). The molecule has 0 radical (unpaired) electrons. The zero-order valence-electron chi connectivity index (χ0n) is 42.8. The lowest BCUT2D eigenvalue weighted by Gasteiger charge is -2.53. The average molecular weight is 979 g/mol. The number of benzene rings is 5.